The average molecular weight is 224 g/mol. The Balaban J connectivity index is 2.92. The molecule has 0 saturated heterocycles. The summed E-state index contributed by atoms with van der Waals surface area (Å²) in [6.07, 6.45) is 2.40. The Morgan fingerprint density at radius 1 is 1.56 bits per heavy atom. The van der Waals surface area contributed by atoms with Gasteiger partial charge in [-0.1, -0.05) is 32.9 Å². The van der Waals surface area contributed by atoms with Gasteiger partial charge in [0.25, 0.3) is 0 Å². The van der Waals surface area contributed by atoms with Gasteiger partial charge in [-0.25, -0.2) is 4.68 Å². The molecule has 5 heteroatoms. The average Bonchev–Trinajstić information content (AvgIpc) is 2.63. The molecule has 16 heavy (non-hydrogen) atoms. The van der Waals surface area contributed by atoms with Gasteiger partial charge in [0.15, 0.2) is 5.78 Å². The molecule has 0 aromatic carbocycles. The number of Topliss-reactive ketones (excluding diaryl/α,β-unsaturated/α-hetero) is 1. The molecule has 0 amide bonds. The first-order chi connectivity index (χ1) is 7.38. The van der Waals surface area contributed by atoms with Crippen LogP contribution in [0.5, 0.6) is 0 Å². The third-order valence-corrected chi connectivity index (χ3v) is 2.52. The molecule has 0 saturated carbocycles. The summed E-state index contributed by atoms with van der Waals surface area (Å²) in [7, 11) is 0. The van der Waals surface area contributed by atoms with Crippen LogP contribution in [-0.4, -0.2) is 26.8 Å². The second-order valence-electron chi connectivity index (χ2n) is 5.05. The lowest BCUT2D eigenvalue weighted by Gasteiger charge is -2.25. The number of nitrogens with two attached hydrogens (primary N) is 1. The molecule has 0 bridgehead atoms. The van der Waals surface area contributed by atoms with Gasteiger partial charge in [-0.2, -0.15) is 0 Å². The van der Waals surface area contributed by atoms with Gasteiger partial charge in [0.1, 0.15) is 5.69 Å². The zero-order valence-electron chi connectivity index (χ0n) is 10.4. The Morgan fingerprint density at radius 3 is 2.69 bits per heavy atom. The fourth-order valence-corrected chi connectivity index (χ4v) is 1.38. The number of hydrogen-bond acceptors (Lipinski definition) is 4. The van der Waals surface area contributed by atoms with E-state index in [4.69, 9.17) is 5.73 Å². The lowest BCUT2D eigenvalue weighted by Crippen LogP contribution is -2.43. The van der Waals surface area contributed by atoms with Gasteiger partial charge in [-0.05, 0) is 11.8 Å². The molecule has 0 aliphatic heterocycles. The highest BCUT2D eigenvalue weighted by molar-refractivity contribution is 5.98. The highest BCUT2D eigenvalue weighted by atomic mass is 16.1. The van der Waals surface area contributed by atoms with E-state index in [1.165, 1.54) is 6.20 Å². The third kappa shape index (κ3) is 2.66. The zero-order valence-corrected chi connectivity index (χ0v) is 10.4. The van der Waals surface area contributed by atoms with E-state index in [1.807, 2.05) is 27.7 Å². The summed E-state index contributed by atoms with van der Waals surface area (Å²) in [5, 5.41) is 7.64. The first kappa shape index (κ1) is 12.8. The van der Waals surface area contributed by atoms with Crippen molar-refractivity contribution in [3.63, 3.8) is 0 Å². The van der Waals surface area contributed by atoms with E-state index in [0.717, 1.165) is 6.42 Å². The second kappa shape index (κ2) is 4.74. The van der Waals surface area contributed by atoms with E-state index in [9.17, 15) is 4.79 Å². The van der Waals surface area contributed by atoms with Gasteiger partial charge in [-0.3, -0.25) is 4.79 Å². The van der Waals surface area contributed by atoms with Crippen molar-refractivity contribution >= 4 is 5.78 Å². The smallest absolute Gasteiger partial charge is 0.199 e. The largest absolute Gasteiger partial charge is 0.321 e. The monoisotopic (exact) mass is 224 g/mol. The van der Waals surface area contributed by atoms with E-state index in [0.29, 0.717) is 12.2 Å². The van der Waals surface area contributed by atoms with Crippen LogP contribution in [0.25, 0.3) is 0 Å². The molecule has 1 atom stereocenters. The van der Waals surface area contributed by atoms with Gasteiger partial charge >= 0.3 is 0 Å². The first-order valence-corrected chi connectivity index (χ1v) is 5.56. The molecule has 90 valence electrons. The molecular weight excluding hydrogens is 204 g/mol. The second-order valence-corrected chi connectivity index (χ2v) is 5.05. The van der Waals surface area contributed by atoms with Crippen molar-refractivity contribution < 1.29 is 4.79 Å². The van der Waals surface area contributed by atoms with Crippen molar-refractivity contribution in [2.24, 2.45) is 11.1 Å². The summed E-state index contributed by atoms with van der Waals surface area (Å²) >= 11 is 0. The van der Waals surface area contributed by atoms with Crippen molar-refractivity contribution in [1.29, 1.82) is 0 Å². The van der Waals surface area contributed by atoms with Gasteiger partial charge in [-0.15, -0.1) is 5.10 Å². The summed E-state index contributed by atoms with van der Waals surface area (Å²) in [5.41, 5.74) is 6.18. The summed E-state index contributed by atoms with van der Waals surface area (Å²) in [6, 6.07) is -0.526. The van der Waals surface area contributed by atoms with Gasteiger partial charge in [0.05, 0.1) is 12.2 Å². The van der Waals surface area contributed by atoms with Gasteiger partial charge < -0.3 is 5.73 Å². The minimum absolute atomic E-state index is 0.0917. The summed E-state index contributed by atoms with van der Waals surface area (Å²) < 4.78 is 1.62. The number of rotatable bonds is 4. The predicted molar refractivity (Wildman–Crippen MR) is 62.1 cm³/mol. The number of carbonyl (C=O) groups is 1. The number of nitrogens with zero attached hydrogens (tertiary/aromatic N) is 3. The van der Waals surface area contributed by atoms with Crippen LogP contribution in [0.1, 0.15) is 44.6 Å². The molecule has 0 spiro atoms. The molecule has 1 heterocycles. The topological polar surface area (TPSA) is 73.8 Å². The molecule has 0 fully saturated rings. The Kier molecular flexibility index (Phi) is 3.80. The van der Waals surface area contributed by atoms with Crippen LogP contribution in [0.4, 0.5) is 0 Å². The zero-order chi connectivity index (χ0) is 12.3. The van der Waals surface area contributed by atoms with Gasteiger partial charge in [0.2, 0.25) is 0 Å². The first-order valence-electron chi connectivity index (χ1n) is 5.56. The lowest BCUT2D eigenvalue weighted by molar-refractivity contribution is 0.0890. The Morgan fingerprint density at radius 2 is 2.19 bits per heavy atom. The van der Waals surface area contributed by atoms with E-state index in [1.54, 1.807) is 4.68 Å². The normalized spacial score (nSPS) is 13.8. The SMILES string of the molecule is CCCn1nncc1C(=O)C(N)C(C)(C)C. The molecule has 1 aromatic heterocycles. The molecule has 0 radical (unpaired) electrons. The number of ketones is 1. The van der Waals surface area contributed by atoms with E-state index < -0.39 is 6.04 Å². The van der Waals surface area contributed by atoms with Crippen LogP contribution in [-0.2, 0) is 6.54 Å². The molecular formula is C11H20N4O. The van der Waals surface area contributed by atoms with E-state index in [-0.39, 0.29) is 11.2 Å². The maximum Gasteiger partial charge on any atom is 0.199 e. The van der Waals surface area contributed by atoms with Crippen LogP contribution >= 0.6 is 0 Å². The number of carbonyl (C=O) groups excluding carboxylic acids is 1. The van der Waals surface area contributed by atoms with Gasteiger partial charge in [0, 0.05) is 6.54 Å². The Hall–Kier alpha value is -1.23. The summed E-state index contributed by atoms with van der Waals surface area (Å²) in [5.74, 6) is -0.0917. The van der Waals surface area contributed by atoms with Crippen molar-refractivity contribution in [1.82, 2.24) is 15.0 Å². The minimum Gasteiger partial charge on any atom is -0.321 e. The molecule has 2 N–H and O–H groups in total. The Labute approximate surface area is 96.0 Å². The highest BCUT2D eigenvalue weighted by Gasteiger charge is 2.30. The van der Waals surface area contributed by atoms with Crippen LogP contribution in [0.15, 0.2) is 6.20 Å². The van der Waals surface area contributed by atoms with Crippen LogP contribution in [0.2, 0.25) is 0 Å². The molecule has 0 aliphatic rings. The van der Waals surface area contributed by atoms with Crippen LogP contribution in [0, 0.1) is 5.41 Å². The summed E-state index contributed by atoms with van der Waals surface area (Å²) in [4.78, 5) is 12.1. The van der Waals surface area contributed by atoms with Crippen molar-refractivity contribution in [2.45, 2.75) is 46.7 Å². The number of aryl methyl sites for hydroxylation is 1. The molecule has 1 aromatic rings. The van der Waals surface area contributed by atoms with Crippen LogP contribution in [0.3, 0.4) is 0 Å². The standard InChI is InChI=1S/C11H20N4O/c1-5-6-15-8(7-13-14-15)9(16)10(12)11(2,3)4/h7,10H,5-6,12H2,1-4H3. The Bertz CT molecular complexity index is 364. The fraction of sp³-hybridized carbons (Fsp3) is 0.727. The predicted octanol–water partition coefficient (Wildman–Crippen LogP) is 1.24. The molecule has 1 rings (SSSR count). The summed E-state index contributed by atoms with van der Waals surface area (Å²) in [6.45, 7) is 8.56. The van der Waals surface area contributed by atoms with Crippen molar-refractivity contribution in [2.75, 3.05) is 0 Å². The van der Waals surface area contributed by atoms with E-state index >= 15 is 0 Å². The van der Waals surface area contributed by atoms with Crippen molar-refractivity contribution in [3.8, 4) is 0 Å². The molecule has 5 nitrogen and oxygen atoms in total. The third-order valence-electron chi connectivity index (χ3n) is 2.52. The quantitative estimate of drug-likeness (QED) is 0.781. The van der Waals surface area contributed by atoms with E-state index in [2.05, 4.69) is 10.3 Å². The molecule has 0 aliphatic carbocycles. The van der Waals surface area contributed by atoms with Crippen molar-refractivity contribution in [3.05, 3.63) is 11.9 Å². The maximum absolute atomic E-state index is 12.1. The lowest BCUT2D eigenvalue weighted by atomic mass is 9.84. The molecule has 1 unspecified atom stereocenters. The number of hydrogen-bond donors (Lipinski definition) is 1. The minimum atomic E-state index is -0.526. The van der Waals surface area contributed by atoms with Crippen LogP contribution < -0.4 is 5.73 Å². The number of aromatic nitrogens is 3. The maximum atomic E-state index is 12.1. The fourth-order valence-electron chi connectivity index (χ4n) is 1.38. The highest BCUT2D eigenvalue weighted by Crippen LogP contribution is 2.20.